The quantitative estimate of drug-likeness (QED) is 0.480. The normalized spacial score (nSPS) is 10.5. The van der Waals surface area contributed by atoms with Gasteiger partial charge >= 0.3 is 11.9 Å². The van der Waals surface area contributed by atoms with Crippen molar-refractivity contribution in [2.75, 3.05) is 6.61 Å². The Labute approximate surface area is 133 Å². The maximum Gasteiger partial charge on any atom is 0.338 e. The number of carbonyl (C=O) groups is 2. The number of hydrogen-bond acceptors (Lipinski definition) is 4. The van der Waals surface area contributed by atoms with Gasteiger partial charge in [0.1, 0.15) is 11.6 Å². The minimum atomic E-state index is -0.571. The van der Waals surface area contributed by atoms with Crippen LogP contribution in [0.15, 0.2) is 54.6 Å². The Bertz CT molecular complexity index is 703. The van der Waals surface area contributed by atoms with E-state index in [9.17, 15) is 14.0 Å². The van der Waals surface area contributed by atoms with E-state index < -0.39 is 11.9 Å². The average molecular weight is 314 g/mol. The Kier molecular flexibility index (Phi) is 5.63. The summed E-state index contributed by atoms with van der Waals surface area (Å²) >= 11 is 0. The third kappa shape index (κ3) is 5.07. The van der Waals surface area contributed by atoms with Gasteiger partial charge in [0.2, 0.25) is 0 Å². The van der Waals surface area contributed by atoms with Gasteiger partial charge in [0.05, 0.1) is 12.2 Å². The van der Waals surface area contributed by atoms with E-state index >= 15 is 0 Å². The molecule has 118 valence electrons. The zero-order valence-corrected chi connectivity index (χ0v) is 12.5. The van der Waals surface area contributed by atoms with Crippen molar-refractivity contribution in [1.82, 2.24) is 0 Å². The van der Waals surface area contributed by atoms with Crippen molar-refractivity contribution in [3.8, 4) is 5.75 Å². The SMILES string of the molecule is CCOC(=O)c1ccc(OC(=O)C=Cc2ccc(F)cc2)cc1. The molecule has 0 atom stereocenters. The first kappa shape index (κ1) is 16.4. The van der Waals surface area contributed by atoms with Crippen LogP contribution in [-0.2, 0) is 9.53 Å². The summed E-state index contributed by atoms with van der Waals surface area (Å²) in [6, 6.07) is 11.8. The number of carbonyl (C=O) groups excluding carboxylic acids is 2. The summed E-state index contributed by atoms with van der Waals surface area (Å²) in [4.78, 5) is 23.2. The van der Waals surface area contributed by atoms with Crippen molar-refractivity contribution in [3.05, 3.63) is 71.6 Å². The molecule has 0 spiro atoms. The molecule has 2 rings (SSSR count). The van der Waals surface area contributed by atoms with Gasteiger partial charge in [-0.1, -0.05) is 12.1 Å². The molecule has 0 saturated heterocycles. The molecule has 0 aliphatic carbocycles. The van der Waals surface area contributed by atoms with Crippen molar-refractivity contribution in [2.24, 2.45) is 0 Å². The fraction of sp³-hybridized carbons (Fsp3) is 0.111. The summed E-state index contributed by atoms with van der Waals surface area (Å²) in [5.74, 6) is -1.03. The van der Waals surface area contributed by atoms with Crippen LogP contribution < -0.4 is 4.74 Å². The van der Waals surface area contributed by atoms with E-state index in [0.717, 1.165) is 0 Å². The summed E-state index contributed by atoms with van der Waals surface area (Å²) in [6.07, 6.45) is 2.77. The summed E-state index contributed by atoms with van der Waals surface area (Å²) in [5, 5.41) is 0. The van der Waals surface area contributed by atoms with Gasteiger partial charge in [0, 0.05) is 6.08 Å². The van der Waals surface area contributed by atoms with Crippen molar-refractivity contribution >= 4 is 18.0 Å². The molecule has 0 N–H and O–H groups in total. The van der Waals surface area contributed by atoms with Crippen LogP contribution in [0.5, 0.6) is 5.75 Å². The van der Waals surface area contributed by atoms with Crippen LogP contribution in [-0.4, -0.2) is 18.5 Å². The third-order valence-electron chi connectivity index (χ3n) is 2.87. The van der Waals surface area contributed by atoms with Gasteiger partial charge in [-0.15, -0.1) is 0 Å². The molecule has 0 fully saturated rings. The number of rotatable bonds is 5. The van der Waals surface area contributed by atoms with Crippen LogP contribution in [0.3, 0.4) is 0 Å². The fourth-order valence-electron chi connectivity index (χ4n) is 1.76. The highest BCUT2D eigenvalue weighted by Gasteiger charge is 2.07. The molecule has 2 aromatic carbocycles. The predicted octanol–water partition coefficient (Wildman–Crippen LogP) is 3.62. The highest BCUT2D eigenvalue weighted by molar-refractivity contribution is 5.90. The molecule has 0 amide bonds. The number of esters is 2. The molecular formula is C18H15FO4. The van der Waals surface area contributed by atoms with E-state index in [1.165, 1.54) is 48.6 Å². The molecule has 5 heteroatoms. The lowest BCUT2D eigenvalue weighted by Gasteiger charge is -2.04. The van der Waals surface area contributed by atoms with Gasteiger partial charge in [-0.25, -0.2) is 14.0 Å². The molecule has 0 radical (unpaired) electrons. The van der Waals surface area contributed by atoms with Gasteiger partial charge in [0.15, 0.2) is 0 Å². The largest absolute Gasteiger partial charge is 0.462 e. The minimum absolute atomic E-state index is 0.295. The monoisotopic (exact) mass is 314 g/mol. The topological polar surface area (TPSA) is 52.6 Å². The molecule has 0 unspecified atom stereocenters. The van der Waals surface area contributed by atoms with Crippen molar-refractivity contribution in [1.29, 1.82) is 0 Å². The summed E-state index contributed by atoms with van der Waals surface area (Å²) < 4.78 is 22.7. The Balaban J connectivity index is 1.94. The van der Waals surface area contributed by atoms with Crippen LogP contribution in [0.2, 0.25) is 0 Å². The first-order valence-electron chi connectivity index (χ1n) is 7.01. The van der Waals surface area contributed by atoms with E-state index in [-0.39, 0.29) is 5.82 Å². The van der Waals surface area contributed by atoms with Crippen LogP contribution in [0, 0.1) is 5.82 Å². The molecule has 0 aliphatic rings. The van der Waals surface area contributed by atoms with E-state index in [2.05, 4.69) is 0 Å². The zero-order chi connectivity index (χ0) is 16.7. The summed E-state index contributed by atoms with van der Waals surface area (Å²) in [6.45, 7) is 2.02. The van der Waals surface area contributed by atoms with Crippen molar-refractivity contribution in [3.63, 3.8) is 0 Å². The maximum atomic E-state index is 12.8. The molecular weight excluding hydrogens is 299 g/mol. The van der Waals surface area contributed by atoms with E-state index in [4.69, 9.17) is 9.47 Å². The molecule has 0 bridgehead atoms. The maximum absolute atomic E-state index is 12.8. The van der Waals surface area contributed by atoms with Crippen LogP contribution in [0.1, 0.15) is 22.8 Å². The van der Waals surface area contributed by atoms with Gasteiger partial charge in [-0.05, 0) is 55.0 Å². The van der Waals surface area contributed by atoms with Gasteiger partial charge in [-0.3, -0.25) is 0 Å². The van der Waals surface area contributed by atoms with Crippen molar-refractivity contribution < 1.29 is 23.5 Å². The van der Waals surface area contributed by atoms with Gasteiger partial charge in [-0.2, -0.15) is 0 Å². The number of benzene rings is 2. The Morgan fingerprint density at radius 1 is 1.04 bits per heavy atom. The first-order valence-corrected chi connectivity index (χ1v) is 7.01. The molecule has 0 saturated carbocycles. The molecule has 0 heterocycles. The molecule has 0 aromatic heterocycles. The van der Waals surface area contributed by atoms with Gasteiger partial charge in [0.25, 0.3) is 0 Å². The predicted molar refractivity (Wildman–Crippen MR) is 83.5 cm³/mol. The Morgan fingerprint density at radius 3 is 2.30 bits per heavy atom. The standard InChI is InChI=1S/C18H15FO4/c1-2-22-18(21)14-6-10-16(11-7-14)23-17(20)12-5-13-3-8-15(19)9-4-13/h3-12H,2H2,1H3. The summed E-state index contributed by atoms with van der Waals surface area (Å²) in [7, 11) is 0. The zero-order valence-electron chi connectivity index (χ0n) is 12.5. The lowest BCUT2D eigenvalue weighted by molar-refractivity contribution is -0.128. The molecule has 23 heavy (non-hydrogen) atoms. The second-order valence-corrected chi connectivity index (χ2v) is 4.55. The lowest BCUT2D eigenvalue weighted by Crippen LogP contribution is -2.06. The van der Waals surface area contributed by atoms with E-state index in [0.29, 0.717) is 23.5 Å². The number of halogens is 1. The Morgan fingerprint density at radius 2 is 1.70 bits per heavy atom. The average Bonchev–Trinajstić information content (AvgIpc) is 2.55. The van der Waals surface area contributed by atoms with Crippen LogP contribution >= 0.6 is 0 Å². The van der Waals surface area contributed by atoms with E-state index in [1.807, 2.05) is 0 Å². The second-order valence-electron chi connectivity index (χ2n) is 4.55. The van der Waals surface area contributed by atoms with Gasteiger partial charge < -0.3 is 9.47 Å². The van der Waals surface area contributed by atoms with Crippen molar-refractivity contribution in [2.45, 2.75) is 6.92 Å². The number of ether oxygens (including phenoxy) is 2. The molecule has 4 nitrogen and oxygen atoms in total. The number of hydrogen-bond donors (Lipinski definition) is 0. The fourth-order valence-corrected chi connectivity index (χ4v) is 1.76. The smallest absolute Gasteiger partial charge is 0.338 e. The second kappa shape index (κ2) is 7.89. The van der Waals surface area contributed by atoms with Crippen LogP contribution in [0.4, 0.5) is 4.39 Å². The third-order valence-corrected chi connectivity index (χ3v) is 2.87. The summed E-state index contributed by atoms with van der Waals surface area (Å²) in [5.41, 5.74) is 1.06. The van der Waals surface area contributed by atoms with E-state index in [1.54, 1.807) is 19.1 Å². The first-order chi connectivity index (χ1) is 11.1. The molecule has 2 aromatic rings. The highest BCUT2D eigenvalue weighted by atomic mass is 19.1. The minimum Gasteiger partial charge on any atom is -0.462 e. The lowest BCUT2D eigenvalue weighted by atomic mass is 10.2. The Hall–Kier alpha value is -2.95. The highest BCUT2D eigenvalue weighted by Crippen LogP contribution is 2.14. The van der Waals surface area contributed by atoms with Crippen LogP contribution in [0.25, 0.3) is 6.08 Å². The molecule has 0 aliphatic heterocycles.